The topological polar surface area (TPSA) is 122 Å². The number of hydrogen-bond acceptors (Lipinski definition) is 5. The number of nitrogens with zero attached hydrogens (tertiary/aromatic N) is 3. The highest BCUT2D eigenvalue weighted by atomic mass is 35.5. The molecule has 0 saturated heterocycles. The summed E-state index contributed by atoms with van der Waals surface area (Å²) in [6, 6.07) is 9.84. The first-order chi connectivity index (χ1) is 14.2. The molecule has 0 bridgehead atoms. The first-order valence-electron chi connectivity index (χ1n) is 8.55. The molecule has 0 spiro atoms. The molecule has 30 heavy (non-hydrogen) atoms. The van der Waals surface area contributed by atoms with Gasteiger partial charge in [-0.2, -0.15) is 5.10 Å². The third-order valence-electron chi connectivity index (χ3n) is 4.26. The summed E-state index contributed by atoms with van der Waals surface area (Å²) >= 11 is 11.9. The second-order valence-electron chi connectivity index (χ2n) is 6.29. The first kappa shape index (κ1) is 21.3. The van der Waals surface area contributed by atoms with Crippen molar-refractivity contribution in [1.82, 2.24) is 15.2 Å². The van der Waals surface area contributed by atoms with Crippen molar-refractivity contribution in [2.45, 2.75) is 13.8 Å². The molecule has 1 heterocycles. The Morgan fingerprint density at radius 3 is 2.43 bits per heavy atom. The molecule has 0 aliphatic rings. The van der Waals surface area contributed by atoms with Crippen LogP contribution in [0.2, 0.25) is 10.0 Å². The molecular weight excluding hydrogens is 433 g/mol. The lowest BCUT2D eigenvalue weighted by atomic mass is 10.2. The van der Waals surface area contributed by atoms with Crippen molar-refractivity contribution >= 4 is 40.5 Å². The van der Waals surface area contributed by atoms with Crippen LogP contribution >= 0.6 is 23.2 Å². The van der Waals surface area contributed by atoms with E-state index in [0.717, 1.165) is 0 Å². The molecule has 9 nitrogen and oxygen atoms in total. The number of halogens is 2. The van der Waals surface area contributed by atoms with Gasteiger partial charge in [-0.3, -0.25) is 24.8 Å². The van der Waals surface area contributed by atoms with Crippen molar-refractivity contribution in [2.24, 2.45) is 5.10 Å². The lowest BCUT2D eigenvalue weighted by Gasteiger charge is -2.03. The number of carbonyl (C=O) groups is 1. The minimum Gasteiger partial charge on any atom is -0.295 e. The van der Waals surface area contributed by atoms with Crippen LogP contribution in [0.5, 0.6) is 0 Å². The molecule has 0 aliphatic carbocycles. The maximum atomic E-state index is 12.8. The Hall–Kier alpha value is -3.43. The van der Waals surface area contributed by atoms with Crippen LogP contribution in [0.4, 0.5) is 5.69 Å². The van der Waals surface area contributed by atoms with Gasteiger partial charge in [-0.05, 0) is 44.2 Å². The number of nitrogens with one attached hydrogen (secondary N) is 2. The Morgan fingerprint density at radius 1 is 1.17 bits per heavy atom. The van der Waals surface area contributed by atoms with Crippen LogP contribution in [-0.4, -0.2) is 26.3 Å². The fraction of sp³-hybridized carbons (Fsp3) is 0.105. The number of non-ortho nitro benzene ring substituents is 1. The second-order valence-corrected chi connectivity index (χ2v) is 7.11. The summed E-state index contributed by atoms with van der Waals surface area (Å²) in [6.07, 6.45) is 0. The molecule has 2 aromatic carbocycles. The van der Waals surface area contributed by atoms with E-state index in [1.807, 2.05) is 0 Å². The van der Waals surface area contributed by atoms with Gasteiger partial charge in [0.05, 0.1) is 31.9 Å². The minimum atomic E-state index is -0.567. The number of aromatic nitrogens is 2. The SMILES string of the molecule is C/C(=N\NC(=O)c1ccc([N+](=O)[O-])cc1)c1c(C)[nH]n(-c2ccc(Cl)c(Cl)c2)c1=O. The molecule has 11 heteroatoms. The first-order valence-corrected chi connectivity index (χ1v) is 9.31. The van der Waals surface area contributed by atoms with E-state index in [1.165, 1.54) is 28.9 Å². The number of nitro benzene ring substituents is 1. The van der Waals surface area contributed by atoms with Crippen LogP contribution in [0, 0.1) is 17.0 Å². The second kappa shape index (κ2) is 8.52. The van der Waals surface area contributed by atoms with Gasteiger partial charge in [0.1, 0.15) is 0 Å². The highest BCUT2D eigenvalue weighted by Gasteiger charge is 2.16. The number of aryl methyl sites for hydroxylation is 1. The summed E-state index contributed by atoms with van der Waals surface area (Å²) in [5.74, 6) is -0.567. The molecular formula is C19H15Cl2N5O4. The Kier molecular flexibility index (Phi) is 6.04. The monoisotopic (exact) mass is 447 g/mol. The molecule has 1 amide bonds. The van der Waals surface area contributed by atoms with Crippen molar-refractivity contribution in [3.63, 3.8) is 0 Å². The van der Waals surface area contributed by atoms with E-state index in [4.69, 9.17) is 23.2 Å². The van der Waals surface area contributed by atoms with Crippen LogP contribution in [0.3, 0.4) is 0 Å². The van der Waals surface area contributed by atoms with Gasteiger partial charge >= 0.3 is 0 Å². The Morgan fingerprint density at radius 2 is 1.83 bits per heavy atom. The average molecular weight is 448 g/mol. The smallest absolute Gasteiger partial charge is 0.280 e. The molecule has 3 aromatic rings. The maximum absolute atomic E-state index is 12.8. The van der Waals surface area contributed by atoms with E-state index in [0.29, 0.717) is 21.4 Å². The van der Waals surface area contributed by atoms with Crippen molar-refractivity contribution in [1.29, 1.82) is 0 Å². The number of hydrogen-bond donors (Lipinski definition) is 2. The molecule has 0 radical (unpaired) electrons. The number of carbonyl (C=O) groups excluding carboxylic acids is 1. The number of H-pyrrole nitrogens is 1. The molecule has 1 aromatic heterocycles. The molecule has 0 aliphatic heterocycles. The molecule has 0 atom stereocenters. The van der Waals surface area contributed by atoms with Gasteiger partial charge < -0.3 is 0 Å². The molecule has 2 N–H and O–H groups in total. The molecule has 0 saturated carbocycles. The van der Waals surface area contributed by atoms with Gasteiger partial charge in [-0.1, -0.05) is 23.2 Å². The Labute approximate surface area is 180 Å². The highest BCUT2D eigenvalue weighted by Crippen LogP contribution is 2.24. The zero-order valence-corrected chi connectivity index (χ0v) is 17.3. The number of benzene rings is 2. The third-order valence-corrected chi connectivity index (χ3v) is 5.00. The van der Waals surface area contributed by atoms with E-state index in [2.05, 4.69) is 15.6 Å². The quantitative estimate of drug-likeness (QED) is 0.350. The lowest BCUT2D eigenvalue weighted by Crippen LogP contribution is -2.23. The summed E-state index contributed by atoms with van der Waals surface area (Å²) in [7, 11) is 0. The fourth-order valence-corrected chi connectivity index (χ4v) is 3.06. The van der Waals surface area contributed by atoms with Crippen molar-refractivity contribution in [3.8, 4) is 5.69 Å². The summed E-state index contributed by atoms with van der Waals surface area (Å²) in [6.45, 7) is 3.27. The van der Waals surface area contributed by atoms with E-state index in [9.17, 15) is 19.7 Å². The van der Waals surface area contributed by atoms with Gasteiger partial charge in [0.2, 0.25) is 0 Å². The zero-order chi connectivity index (χ0) is 22.0. The van der Waals surface area contributed by atoms with Crippen molar-refractivity contribution in [2.75, 3.05) is 0 Å². The predicted octanol–water partition coefficient (Wildman–Crippen LogP) is 3.84. The van der Waals surface area contributed by atoms with Gasteiger partial charge in [0.25, 0.3) is 17.2 Å². The number of nitro groups is 1. The van der Waals surface area contributed by atoms with Crippen LogP contribution in [0.15, 0.2) is 52.4 Å². The third kappa shape index (κ3) is 4.27. The fourth-order valence-electron chi connectivity index (χ4n) is 2.77. The summed E-state index contributed by atoms with van der Waals surface area (Å²) in [4.78, 5) is 35.2. The summed E-state index contributed by atoms with van der Waals surface area (Å²) in [5.41, 5.74) is 3.62. The lowest BCUT2D eigenvalue weighted by molar-refractivity contribution is -0.384. The van der Waals surface area contributed by atoms with E-state index in [-0.39, 0.29) is 28.1 Å². The van der Waals surface area contributed by atoms with Crippen LogP contribution in [-0.2, 0) is 0 Å². The van der Waals surface area contributed by atoms with E-state index in [1.54, 1.807) is 32.0 Å². The number of hydrazone groups is 1. The Balaban J connectivity index is 1.85. The molecule has 0 unspecified atom stereocenters. The minimum absolute atomic E-state index is 0.128. The summed E-state index contributed by atoms with van der Waals surface area (Å²) in [5, 5.41) is 18.3. The molecule has 0 fully saturated rings. The van der Waals surface area contributed by atoms with Crippen LogP contribution in [0.1, 0.15) is 28.5 Å². The highest BCUT2D eigenvalue weighted by molar-refractivity contribution is 6.42. The Bertz CT molecular complexity index is 1230. The maximum Gasteiger partial charge on any atom is 0.280 e. The van der Waals surface area contributed by atoms with Gasteiger partial charge in [-0.15, -0.1) is 0 Å². The largest absolute Gasteiger partial charge is 0.295 e. The normalized spacial score (nSPS) is 11.4. The van der Waals surface area contributed by atoms with E-state index < -0.39 is 10.8 Å². The average Bonchev–Trinajstić information content (AvgIpc) is 3.02. The van der Waals surface area contributed by atoms with Gasteiger partial charge in [0, 0.05) is 23.4 Å². The zero-order valence-electron chi connectivity index (χ0n) is 15.8. The van der Waals surface area contributed by atoms with Crippen molar-refractivity contribution in [3.05, 3.63) is 89.8 Å². The van der Waals surface area contributed by atoms with Gasteiger partial charge in [0.15, 0.2) is 0 Å². The van der Waals surface area contributed by atoms with Crippen molar-refractivity contribution < 1.29 is 9.72 Å². The number of amides is 1. The number of aromatic amines is 1. The van der Waals surface area contributed by atoms with E-state index >= 15 is 0 Å². The molecule has 3 rings (SSSR count). The standard InChI is InChI=1S/C19H15Cl2N5O4/c1-10(22-23-18(27)12-3-5-13(6-4-12)26(29)30)17-11(2)24-25(19(17)28)14-7-8-15(20)16(21)9-14/h3-9,24H,1-2H3,(H,23,27)/b22-10+. The van der Waals surface area contributed by atoms with Gasteiger partial charge in [-0.25, -0.2) is 10.1 Å². The number of rotatable bonds is 5. The summed E-state index contributed by atoms with van der Waals surface area (Å²) < 4.78 is 1.30. The van der Waals surface area contributed by atoms with Crippen LogP contribution < -0.4 is 11.0 Å². The van der Waals surface area contributed by atoms with Crippen LogP contribution in [0.25, 0.3) is 5.69 Å². The predicted molar refractivity (Wildman–Crippen MR) is 114 cm³/mol. The molecule has 154 valence electrons.